The van der Waals surface area contributed by atoms with E-state index < -0.39 is 5.97 Å². The van der Waals surface area contributed by atoms with Crippen molar-refractivity contribution < 1.29 is 14.3 Å². The number of carboxylic acid groups (broad SMARTS) is 1. The summed E-state index contributed by atoms with van der Waals surface area (Å²) in [6.07, 6.45) is 1.83. The summed E-state index contributed by atoms with van der Waals surface area (Å²) >= 11 is 1.18. The number of halogens is 1. The van der Waals surface area contributed by atoms with Crippen LogP contribution < -0.4 is 0 Å². The van der Waals surface area contributed by atoms with Crippen molar-refractivity contribution in [3.63, 3.8) is 0 Å². The lowest BCUT2D eigenvalue weighted by molar-refractivity contribution is -0.133. The van der Waals surface area contributed by atoms with Gasteiger partial charge in [0.15, 0.2) is 5.16 Å². The fourth-order valence-electron chi connectivity index (χ4n) is 2.43. The van der Waals surface area contributed by atoms with E-state index in [1.807, 2.05) is 0 Å². The topological polar surface area (TPSA) is 55.1 Å². The summed E-state index contributed by atoms with van der Waals surface area (Å²) in [7, 11) is 0. The van der Waals surface area contributed by atoms with E-state index in [0.717, 1.165) is 18.4 Å². The van der Waals surface area contributed by atoms with Crippen molar-refractivity contribution >= 4 is 28.8 Å². The molecule has 0 saturated heterocycles. The molecule has 0 fully saturated rings. The number of thioether (sulfide) groups is 1. The molecule has 0 bridgehead atoms. The van der Waals surface area contributed by atoms with Crippen LogP contribution in [0.15, 0.2) is 17.3 Å². The summed E-state index contributed by atoms with van der Waals surface area (Å²) in [6, 6.07) is 3.45. The molecule has 0 saturated carbocycles. The third-order valence-corrected chi connectivity index (χ3v) is 4.51. The van der Waals surface area contributed by atoms with Gasteiger partial charge in [0.05, 0.1) is 16.8 Å². The Bertz CT molecular complexity index is 665. The van der Waals surface area contributed by atoms with Gasteiger partial charge in [-0.3, -0.25) is 4.79 Å². The first-order valence-corrected chi connectivity index (χ1v) is 7.99. The molecule has 1 N–H and O–H groups in total. The molecule has 21 heavy (non-hydrogen) atoms. The van der Waals surface area contributed by atoms with Crippen molar-refractivity contribution in [2.45, 2.75) is 44.8 Å². The molecule has 2 rings (SSSR count). The number of hydrogen-bond acceptors (Lipinski definition) is 3. The lowest BCUT2D eigenvalue weighted by Crippen LogP contribution is -2.09. The number of imidazole rings is 1. The molecule has 0 aliphatic carbocycles. The smallest absolute Gasteiger partial charge is 0.313 e. The van der Waals surface area contributed by atoms with Crippen LogP contribution in [0.4, 0.5) is 4.39 Å². The second kappa shape index (κ2) is 6.47. The van der Waals surface area contributed by atoms with Crippen LogP contribution in [0, 0.1) is 12.7 Å². The van der Waals surface area contributed by atoms with Crippen molar-refractivity contribution in [3.8, 4) is 0 Å². The first kappa shape index (κ1) is 15.8. The quantitative estimate of drug-likeness (QED) is 0.819. The first-order valence-electron chi connectivity index (χ1n) is 7.00. The fourth-order valence-corrected chi connectivity index (χ4v) is 3.24. The van der Waals surface area contributed by atoms with Crippen LogP contribution in [0.3, 0.4) is 0 Å². The minimum Gasteiger partial charge on any atom is -0.481 e. The number of benzene rings is 1. The number of carbonyl (C=O) groups is 1. The summed E-state index contributed by atoms with van der Waals surface area (Å²) in [5.74, 6) is -1.22. The van der Waals surface area contributed by atoms with Gasteiger partial charge in [-0.05, 0) is 31.4 Å². The zero-order chi connectivity index (χ0) is 15.6. The van der Waals surface area contributed by atoms with Crippen LogP contribution in [0.25, 0.3) is 11.0 Å². The third kappa shape index (κ3) is 3.20. The molecular weight excluding hydrogens is 291 g/mol. The second-order valence-electron chi connectivity index (χ2n) is 5.01. The molecule has 0 atom stereocenters. The van der Waals surface area contributed by atoms with Crippen LogP contribution in [-0.4, -0.2) is 26.4 Å². The average molecular weight is 310 g/mol. The van der Waals surface area contributed by atoms with E-state index in [1.165, 1.54) is 17.8 Å². The van der Waals surface area contributed by atoms with Crippen LogP contribution >= 0.6 is 11.8 Å². The number of hydrogen-bond donors (Lipinski definition) is 1. The van der Waals surface area contributed by atoms with E-state index in [0.29, 0.717) is 16.2 Å². The van der Waals surface area contributed by atoms with E-state index in [2.05, 4.69) is 23.4 Å². The molecule has 0 spiro atoms. The van der Waals surface area contributed by atoms with E-state index in [9.17, 15) is 9.18 Å². The molecule has 4 nitrogen and oxygen atoms in total. The number of rotatable bonds is 6. The van der Waals surface area contributed by atoms with Gasteiger partial charge in [0, 0.05) is 12.1 Å². The Morgan fingerprint density at radius 2 is 2.10 bits per heavy atom. The fraction of sp³-hybridized carbons (Fsp3) is 0.467. The molecule has 1 heterocycles. The number of aliphatic carboxylic acids is 1. The van der Waals surface area contributed by atoms with Crippen molar-refractivity contribution in [1.29, 1.82) is 0 Å². The number of carboxylic acids is 1. The van der Waals surface area contributed by atoms with Crippen LogP contribution in [0.2, 0.25) is 0 Å². The minimum atomic E-state index is -0.884. The largest absolute Gasteiger partial charge is 0.481 e. The molecular formula is C15H19FN2O2S. The zero-order valence-corrected chi connectivity index (χ0v) is 13.2. The Morgan fingerprint density at radius 1 is 1.43 bits per heavy atom. The SMILES string of the molecule is CCC(CC)n1c(SCC(=O)O)nc2cc(F)c(C)cc21. The van der Waals surface area contributed by atoms with Gasteiger partial charge < -0.3 is 9.67 Å². The van der Waals surface area contributed by atoms with Crippen LogP contribution in [0.1, 0.15) is 38.3 Å². The average Bonchev–Trinajstić information content (AvgIpc) is 2.77. The maximum absolute atomic E-state index is 13.7. The molecule has 6 heteroatoms. The molecule has 0 unspecified atom stereocenters. The lowest BCUT2D eigenvalue weighted by atomic mass is 10.1. The summed E-state index contributed by atoms with van der Waals surface area (Å²) in [4.78, 5) is 15.2. The van der Waals surface area contributed by atoms with E-state index >= 15 is 0 Å². The molecule has 0 aliphatic heterocycles. The highest BCUT2D eigenvalue weighted by Crippen LogP contribution is 2.31. The first-order chi connectivity index (χ1) is 9.97. The number of nitrogens with zero attached hydrogens (tertiary/aromatic N) is 2. The Hall–Kier alpha value is -1.56. The monoisotopic (exact) mass is 310 g/mol. The van der Waals surface area contributed by atoms with Gasteiger partial charge in [0.25, 0.3) is 0 Å². The molecule has 0 aliphatic rings. The Morgan fingerprint density at radius 3 is 2.67 bits per heavy atom. The molecule has 0 radical (unpaired) electrons. The number of aryl methyl sites for hydroxylation is 1. The van der Waals surface area contributed by atoms with Gasteiger partial charge in [-0.15, -0.1) is 0 Å². The van der Waals surface area contributed by atoms with Gasteiger partial charge in [-0.1, -0.05) is 25.6 Å². The normalized spacial score (nSPS) is 11.5. The summed E-state index contributed by atoms with van der Waals surface area (Å²) < 4.78 is 15.8. The highest BCUT2D eigenvalue weighted by molar-refractivity contribution is 7.99. The van der Waals surface area contributed by atoms with Crippen molar-refractivity contribution in [2.75, 3.05) is 5.75 Å². The zero-order valence-electron chi connectivity index (χ0n) is 12.4. The summed E-state index contributed by atoms with van der Waals surface area (Å²) in [6.45, 7) is 5.90. The maximum atomic E-state index is 13.7. The molecule has 2 aromatic rings. The number of fused-ring (bicyclic) bond motifs is 1. The highest BCUT2D eigenvalue weighted by Gasteiger charge is 2.19. The lowest BCUT2D eigenvalue weighted by Gasteiger charge is -2.18. The minimum absolute atomic E-state index is 0.0507. The maximum Gasteiger partial charge on any atom is 0.313 e. The van der Waals surface area contributed by atoms with E-state index in [4.69, 9.17) is 5.11 Å². The molecule has 114 valence electrons. The van der Waals surface area contributed by atoms with Crippen molar-refractivity contribution in [3.05, 3.63) is 23.5 Å². The van der Waals surface area contributed by atoms with Crippen molar-refractivity contribution in [1.82, 2.24) is 9.55 Å². The van der Waals surface area contributed by atoms with Gasteiger partial charge in [-0.2, -0.15) is 0 Å². The summed E-state index contributed by atoms with van der Waals surface area (Å²) in [5.41, 5.74) is 2.03. The number of aromatic nitrogens is 2. The predicted octanol–water partition coefficient (Wildman–Crippen LogP) is 4.02. The molecule has 1 aromatic carbocycles. The molecule has 1 aromatic heterocycles. The second-order valence-corrected chi connectivity index (χ2v) is 5.95. The van der Waals surface area contributed by atoms with Gasteiger partial charge in [0.2, 0.25) is 0 Å². The van der Waals surface area contributed by atoms with Crippen LogP contribution in [0.5, 0.6) is 0 Å². The standard InChI is InChI=1S/C15H19FN2O2S/c1-4-10(5-2)18-13-6-9(3)11(16)7-12(13)17-15(18)21-8-14(19)20/h6-7,10H,4-5,8H2,1-3H3,(H,19,20). The van der Waals surface area contributed by atoms with E-state index in [-0.39, 0.29) is 17.6 Å². The van der Waals surface area contributed by atoms with Gasteiger partial charge in [-0.25, -0.2) is 9.37 Å². The van der Waals surface area contributed by atoms with Crippen molar-refractivity contribution in [2.24, 2.45) is 0 Å². The van der Waals surface area contributed by atoms with Crippen LogP contribution in [-0.2, 0) is 4.79 Å². The predicted molar refractivity (Wildman–Crippen MR) is 82.4 cm³/mol. The Balaban J connectivity index is 2.59. The summed E-state index contributed by atoms with van der Waals surface area (Å²) in [5, 5.41) is 9.51. The van der Waals surface area contributed by atoms with E-state index in [1.54, 1.807) is 13.0 Å². The molecule has 0 amide bonds. The highest BCUT2D eigenvalue weighted by atomic mass is 32.2. The Labute approximate surface area is 127 Å². The van der Waals surface area contributed by atoms with Gasteiger partial charge >= 0.3 is 5.97 Å². The van der Waals surface area contributed by atoms with Gasteiger partial charge in [0.1, 0.15) is 5.82 Å². The Kier molecular flexibility index (Phi) is 4.88. The third-order valence-electron chi connectivity index (χ3n) is 3.57.